The van der Waals surface area contributed by atoms with Crippen LogP contribution in [-0.4, -0.2) is 16.7 Å². The van der Waals surface area contributed by atoms with E-state index in [2.05, 4.69) is 15.6 Å². The molecule has 0 aliphatic rings. The van der Waals surface area contributed by atoms with Gasteiger partial charge < -0.3 is 10.6 Å². The molecule has 0 saturated carbocycles. The summed E-state index contributed by atoms with van der Waals surface area (Å²) in [4.78, 5) is 27.9. The van der Waals surface area contributed by atoms with Crippen molar-refractivity contribution in [2.45, 2.75) is 13.1 Å². The predicted molar refractivity (Wildman–Crippen MR) is 103 cm³/mol. The molecule has 29 heavy (non-hydrogen) atoms. The van der Waals surface area contributed by atoms with Crippen molar-refractivity contribution in [3.05, 3.63) is 83.7 Å². The van der Waals surface area contributed by atoms with E-state index in [1.807, 2.05) is 0 Å². The van der Waals surface area contributed by atoms with Crippen LogP contribution in [0.4, 0.5) is 30.2 Å². The maximum absolute atomic E-state index is 12.6. The molecule has 0 saturated heterocycles. The number of halogens is 3. The number of carbonyl (C=O) groups excluding carboxylic acids is 2. The second-order valence-corrected chi connectivity index (χ2v) is 6.22. The summed E-state index contributed by atoms with van der Waals surface area (Å²) < 4.78 is 37.9. The minimum Gasteiger partial charge on any atom is -0.355 e. The van der Waals surface area contributed by atoms with E-state index >= 15 is 0 Å². The molecule has 3 rings (SSSR count). The molecule has 0 aliphatic carbocycles. The number of amides is 1. The monoisotopic (exact) mass is 399 g/mol. The number of carbonyl (C=O) groups is 2. The molecular formula is C21H16F3N3O2. The highest BCUT2D eigenvalue weighted by Gasteiger charge is 2.29. The number of aromatic nitrogens is 1. The van der Waals surface area contributed by atoms with Crippen LogP contribution in [0.1, 0.15) is 33.3 Å². The van der Waals surface area contributed by atoms with Crippen molar-refractivity contribution in [1.29, 1.82) is 0 Å². The number of pyridine rings is 1. The average molecular weight is 399 g/mol. The fourth-order valence-electron chi connectivity index (χ4n) is 2.55. The van der Waals surface area contributed by atoms with Crippen molar-refractivity contribution >= 4 is 28.8 Å². The van der Waals surface area contributed by atoms with E-state index in [0.29, 0.717) is 22.6 Å². The summed E-state index contributed by atoms with van der Waals surface area (Å²) in [5.41, 5.74) is 1.20. The molecule has 0 unspecified atom stereocenters. The number of hydrogen-bond donors (Lipinski definition) is 2. The molecule has 2 N–H and O–H groups in total. The Bertz CT molecular complexity index is 1050. The zero-order valence-corrected chi connectivity index (χ0v) is 15.2. The predicted octanol–water partition coefficient (Wildman–Crippen LogP) is 5.30. The molecule has 8 heteroatoms. The lowest BCUT2D eigenvalue weighted by Gasteiger charge is -2.11. The van der Waals surface area contributed by atoms with Gasteiger partial charge in [-0.25, -0.2) is 0 Å². The Morgan fingerprint density at radius 2 is 1.62 bits per heavy atom. The molecule has 2 aromatic carbocycles. The van der Waals surface area contributed by atoms with Crippen molar-refractivity contribution in [1.82, 2.24) is 4.98 Å². The third-order valence-corrected chi connectivity index (χ3v) is 4.02. The van der Waals surface area contributed by atoms with E-state index in [9.17, 15) is 22.8 Å². The van der Waals surface area contributed by atoms with Crippen LogP contribution in [0.25, 0.3) is 0 Å². The van der Waals surface area contributed by atoms with Crippen molar-refractivity contribution in [3.8, 4) is 0 Å². The van der Waals surface area contributed by atoms with Gasteiger partial charge in [0.15, 0.2) is 5.78 Å². The van der Waals surface area contributed by atoms with Gasteiger partial charge in [0.2, 0.25) is 0 Å². The molecule has 1 heterocycles. The summed E-state index contributed by atoms with van der Waals surface area (Å²) in [5.74, 6) is -0.608. The van der Waals surface area contributed by atoms with Gasteiger partial charge in [0, 0.05) is 28.8 Å². The second-order valence-electron chi connectivity index (χ2n) is 6.22. The zero-order valence-electron chi connectivity index (χ0n) is 15.2. The van der Waals surface area contributed by atoms with Gasteiger partial charge in [-0.3, -0.25) is 14.6 Å². The molecule has 0 fully saturated rings. The second kappa shape index (κ2) is 8.14. The standard InChI is InChI=1S/C21H16F3N3O2/c1-13(28)14-3-2-4-17(11-14)27-20(29)19-12-18(9-10-25-19)26-16-7-5-15(6-8-16)21(22,23)24/h2-12H,1H3,(H,25,26)(H,27,29). The zero-order chi connectivity index (χ0) is 21.0. The number of nitrogens with one attached hydrogen (secondary N) is 2. The SMILES string of the molecule is CC(=O)c1cccc(NC(=O)c2cc(Nc3ccc(C(F)(F)F)cc3)ccn2)c1. The smallest absolute Gasteiger partial charge is 0.355 e. The van der Waals surface area contributed by atoms with E-state index in [0.717, 1.165) is 12.1 Å². The molecule has 0 bridgehead atoms. The van der Waals surface area contributed by atoms with Crippen molar-refractivity contribution in [2.24, 2.45) is 0 Å². The molecular weight excluding hydrogens is 383 g/mol. The Morgan fingerprint density at radius 1 is 0.897 bits per heavy atom. The lowest BCUT2D eigenvalue weighted by molar-refractivity contribution is -0.137. The van der Waals surface area contributed by atoms with Crippen LogP contribution in [0.2, 0.25) is 0 Å². The minimum absolute atomic E-state index is 0.107. The first-order valence-electron chi connectivity index (χ1n) is 8.55. The number of Topliss-reactive ketones (excluding diaryl/α,β-unsaturated/α-hetero) is 1. The van der Waals surface area contributed by atoms with Crippen LogP contribution >= 0.6 is 0 Å². The van der Waals surface area contributed by atoms with Gasteiger partial charge in [0.1, 0.15) is 5.69 Å². The van der Waals surface area contributed by atoms with E-state index in [4.69, 9.17) is 0 Å². The van der Waals surface area contributed by atoms with E-state index < -0.39 is 17.6 Å². The Kier molecular flexibility index (Phi) is 5.63. The summed E-state index contributed by atoms with van der Waals surface area (Å²) >= 11 is 0. The van der Waals surface area contributed by atoms with Crippen LogP contribution in [0.5, 0.6) is 0 Å². The Morgan fingerprint density at radius 3 is 2.28 bits per heavy atom. The summed E-state index contributed by atoms with van der Waals surface area (Å²) in [6.45, 7) is 1.43. The van der Waals surface area contributed by atoms with E-state index in [-0.39, 0.29) is 11.5 Å². The van der Waals surface area contributed by atoms with Crippen LogP contribution < -0.4 is 10.6 Å². The van der Waals surface area contributed by atoms with Crippen LogP contribution in [0, 0.1) is 0 Å². The number of nitrogens with zero attached hydrogens (tertiary/aromatic N) is 1. The molecule has 0 atom stereocenters. The lowest BCUT2D eigenvalue weighted by atomic mass is 10.1. The highest BCUT2D eigenvalue weighted by atomic mass is 19.4. The Balaban J connectivity index is 1.73. The maximum Gasteiger partial charge on any atom is 0.416 e. The molecule has 5 nitrogen and oxygen atoms in total. The van der Waals surface area contributed by atoms with Crippen molar-refractivity contribution in [3.63, 3.8) is 0 Å². The van der Waals surface area contributed by atoms with Crippen LogP contribution in [0.15, 0.2) is 66.9 Å². The first kappa shape index (κ1) is 20.1. The normalized spacial score (nSPS) is 11.0. The van der Waals surface area contributed by atoms with E-state index in [1.165, 1.54) is 31.3 Å². The highest BCUT2D eigenvalue weighted by Crippen LogP contribution is 2.30. The summed E-state index contributed by atoms with van der Waals surface area (Å²) in [6.07, 6.45) is -2.99. The van der Waals surface area contributed by atoms with Gasteiger partial charge in [-0.05, 0) is 55.5 Å². The van der Waals surface area contributed by atoms with Crippen molar-refractivity contribution < 1.29 is 22.8 Å². The van der Waals surface area contributed by atoms with Gasteiger partial charge in [-0.15, -0.1) is 0 Å². The number of hydrogen-bond acceptors (Lipinski definition) is 4. The number of alkyl halides is 3. The Hall–Kier alpha value is -3.68. The van der Waals surface area contributed by atoms with Gasteiger partial charge in [-0.1, -0.05) is 12.1 Å². The molecule has 0 spiro atoms. The average Bonchev–Trinajstić information content (AvgIpc) is 2.68. The minimum atomic E-state index is -4.40. The molecule has 148 valence electrons. The van der Waals surface area contributed by atoms with Crippen LogP contribution in [-0.2, 0) is 6.18 Å². The van der Waals surface area contributed by atoms with Gasteiger partial charge in [0.25, 0.3) is 5.91 Å². The summed E-state index contributed by atoms with van der Waals surface area (Å²) in [5, 5.41) is 5.60. The first-order chi connectivity index (χ1) is 13.7. The van der Waals surface area contributed by atoms with Gasteiger partial charge in [-0.2, -0.15) is 13.2 Å². The third kappa shape index (κ3) is 5.19. The number of anilines is 3. The van der Waals surface area contributed by atoms with Gasteiger partial charge >= 0.3 is 6.18 Å². The van der Waals surface area contributed by atoms with Crippen molar-refractivity contribution in [2.75, 3.05) is 10.6 Å². The Labute approximate surface area is 164 Å². The molecule has 1 amide bonds. The number of benzene rings is 2. The first-order valence-corrected chi connectivity index (χ1v) is 8.55. The largest absolute Gasteiger partial charge is 0.416 e. The maximum atomic E-state index is 12.6. The summed E-state index contributed by atoms with van der Waals surface area (Å²) in [7, 11) is 0. The van der Waals surface area contributed by atoms with Gasteiger partial charge in [0.05, 0.1) is 5.56 Å². The lowest BCUT2D eigenvalue weighted by Crippen LogP contribution is -2.14. The fourth-order valence-corrected chi connectivity index (χ4v) is 2.55. The third-order valence-electron chi connectivity index (χ3n) is 4.02. The summed E-state index contributed by atoms with van der Waals surface area (Å²) in [6, 6.07) is 14.1. The molecule has 0 aliphatic heterocycles. The van der Waals surface area contributed by atoms with Crippen LogP contribution in [0.3, 0.4) is 0 Å². The van der Waals surface area contributed by atoms with E-state index in [1.54, 1.807) is 30.3 Å². The molecule has 1 aromatic heterocycles. The number of rotatable bonds is 5. The number of ketones is 1. The highest BCUT2D eigenvalue weighted by molar-refractivity contribution is 6.04. The fraction of sp³-hybridized carbons (Fsp3) is 0.0952. The molecule has 3 aromatic rings. The molecule has 0 radical (unpaired) electrons. The topological polar surface area (TPSA) is 71.1 Å². The quantitative estimate of drug-likeness (QED) is 0.571.